The van der Waals surface area contributed by atoms with Crippen molar-refractivity contribution in [3.8, 4) is 0 Å². The highest BCUT2D eigenvalue weighted by Crippen LogP contribution is 1.74. The van der Waals surface area contributed by atoms with Crippen molar-refractivity contribution in [3.63, 3.8) is 0 Å². The van der Waals surface area contributed by atoms with Gasteiger partial charge in [0.1, 0.15) is 6.21 Å². The Morgan fingerprint density at radius 3 is 3.00 bits per heavy atom. The van der Waals surface area contributed by atoms with Gasteiger partial charge in [0, 0.05) is 0 Å². The first kappa shape index (κ1) is 8.88. The molecule has 0 spiro atoms. The number of hydrogen-bond acceptors (Lipinski definition) is 3. The third-order valence-electron chi connectivity index (χ3n) is 0.718. The zero-order valence-corrected chi connectivity index (χ0v) is 6.04. The van der Waals surface area contributed by atoms with Crippen LogP contribution in [0.1, 0.15) is 6.92 Å². The van der Waals surface area contributed by atoms with Gasteiger partial charge in [0.2, 0.25) is 0 Å². The first-order valence-electron chi connectivity index (χ1n) is 3.08. The van der Waals surface area contributed by atoms with Gasteiger partial charge in [-0.2, -0.15) is 0 Å². The number of hydrogen-bond donors (Lipinski definition) is 0. The van der Waals surface area contributed by atoms with E-state index in [1.807, 2.05) is 0 Å². The average Bonchev–Trinajstić information content (AvgIpc) is 1.89. The highest BCUT2D eigenvalue weighted by Gasteiger charge is 1.91. The molecule has 0 aliphatic rings. The van der Waals surface area contributed by atoms with Crippen LogP contribution in [0.25, 0.3) is 0 Å². The molecule has 0 radical (unpaired) electrons. The van der Waals surface area contributed by atoms with Gasteiger partial charge in [0.05, 0.1) is 13.2 Å². The van der Waals surface area contributed by atoms with Gasteiger partial charge in [-0.05, 0) is 6.92 Å². The third kappa shape index (κ3) is 5.03. The van der Waals surface area contributed by atoms with E-state index in [0.29, 0.717) is 13.2 Å². The topological polar surface area (TPSA) is 38.7 Å². The maximum absolute atomic E-state index is 10.5. The van der Waals surface area contributed by atoms with Crippen LogP contribution >= 0.6 is 0 Å². The van der Waals surface area contributed by atoms with E-state index in [1.54, 1.807) is 13.0 Å². The number of carbonyl (C=O) groups excluding carboxylic acids is 1. The van der Waals surface area contributed by atoms with Gasteiger partial charge in [0.15, 0.2) is 0 Å². The van der Waals surface area contributed by atoms with Gasteiger partial charge in [-0.15, -0.1) is 6.58 Å². The van der Waals surface area contributed by atoms with Crippen LogP contribution in [0.3, 0.4) is 0 Å². The Hall–Kier alpha value is -1.12. The second-order valence-corrected chi connectivity index (χ2v) is 1.53. The van der Waals surface area contributed by atoms with Crippen molar-refractivity contribution in [1.82, 2.24) is 0 Å². The molecule has 0 amide bonds. The second-order valence-electron chi connectivity index (χ2n) is 1.53. The molecule has 0 aromatic rings. The fourth-order valence-corrected chi connectivity index (χ4v) is 0.381. The molecular weight excluding hydrogens is 130 g/mol. The molecule has 0 heterocycles. The summed E-state index contributed by atoms with van der Waals surface area (Å²) in [7, 11) is 0. The van der Waals surface area contributed by atoms with Crippen molar-refractivity contribution in [2.45, 2.75) is 6.92 Å². The Balaban J connectivity index is 3.45. The summed E-state index contributed by atoms with van der Waals surface area (Å²) < 4.78 is 4.57. The van der Waals surface area contributed by atoms with Crippen LogP contribution in [0, 0.1) is 0 Å². The number of ether oxygens (including phenoxy) is 1. The van der Waals surface area contributed by atoms with Crippen molar-refractivity contribution in [2.24, 2.45) is 4.99 Å². The molecule has 56 valence electrons. The fraction of sp³-hybridized carbons (Fsp3) is 0.429. The molecule has 0 fully saturated rings. The summed E-state index contributed by atoms with van der Waals surface area (Å²) in [6.45, 7) is 6.03. The summed E-state index contributed by atoms with van der Waals surface area (Å²) >= 11 is 0. The second kappa shape index (κ2) is 6.01. The Bertz CT molecular complexity index is 141. The number of aliphatic imine (C=N–C) groups is 1. The van der Waals surface area contributed by atoms with Crippen LogP contribution in [0.2, 0.25) is 0 Å². The summed E-state index contributed by atoms with van der Waals surface area (Å²) in [5.41, 5.74) is 0. The van der Waals surface area contributed by atoms with Crippen LogP contribution in [0.5, 0.6) is 0 Å². The number of nitrogens with zero attached hydrogens (tertiary/aromatic N) is 1. The lowest BCUT2D eigenvalue weighted by atomic mass is 10.6. The molecule has 0 aliphatic carbocycles. The minimum Gasteiger partial charge on any atom is -0.462 e. The summed E-state index contributed by atoms with van der Waals surface area (Å²) in [5, 5.41) is 0. The summed E-state index contributed by atoms with van der Waals surface area (Å²) in [5.74, 6) is -0.399. The fourth-order valence-electron chi connectivity index (χ4n) is 0.381. The standard InChI is InChI=1S/C7H11NO2/c1-3-5-8-6-7(9)10-4-2/h3,6H,1,4-5H2,2H3/b8-6+. The van der Waals surface area contributed by atoms with Crippen molar-refractivity contribution in [3.05, 3.63) is 12.7 Å². The summed E-state index contributed by atoms with van der Waals surface area (Å²) in [6, 6.07) is 0. The molecule has 0 atom stereocenters. The molecular formula is C7H11NO2. The van der Waals surface area contributed by atoms with Crippen LogP contribution < -0.4 is 0 Å². The molecule has 3 nitrogen and oxygen atoms in total. The van der Waals surface area contributed by atoms with Crippen LogP contribution in [0.15, 0.2) is 17.6 Å². The lowest BCUT2D eigenvalue weighted by Gasteiger charge is -1.92. The summed E-state index contributed by atoms with van der Waals surface area (Å²) in [6.07, 6.45) is 2.76. The van der Waals surface area contributed by atoms with E-state index in [4.69, 9.17) is 0 Å². The highest BCUT2D eigenvalue weighted by atomic mass is 16.5. The predicted molar refractivity (Wildman–Crippen MR) is 40.2 cm³/mol. The van der Waals surface area contributed by atoms with Gasteiger partial charge in [-0.25, -0.2) is 4.79 Å². The van der Waals surface area contributed by atoms with Crippen LogP contribution in [-0.4, -0.2) is 25.3 Å². The van der Waals surface area contributed by atoms with Crippen molar-refractivity contribution < 1.29 is 9.53 Å². The van der Waals surface area contributed by atoms with E-state index in [1.165, 1.54) is 0 Å². The van der Waals surface area contributed by atoms with E-state index >= 15 is 0 Å². The Morgan fingerprint density at radius 1 is 1.80 bits per heavy atom. The molecule has 10 heavy (non-hydrogen) atoms. The molecule has 0 saturated carbocycles. The Labute approximate surface area is 60.4 Å². The van der Waals surface area contributed by atoms with E-state index in [-0.39, 0.29) is 0 Å². The minimum absolute atomic E-state index is 0.388. The third-order valence-corrected chi connectivity index (χ3v) is 0.718. The predicted octanol–water partition coefficient (Wildman–Crippen LogP) is 0.806. The minimum atomic E-state index is -0.399. The Kier molecular flexibility index (Phi) is 5.33. The smallest absolute Gasteiger partial charge is 0.348 e. The maximum Gasteiger partial charge on any atom is 0.348 e. The molecule has 0 rings (SSSR count). The van der Waals surface area contributed by atoms with Crippen LogP contribution in [0.4, 0.5) is 0 Å². The molecule has 0 aromatic carbocycles. The molecule has 0 aliphatic heterocycles. The largest absolute Gasteiger partial charge is 0.462 e. The molecule has 0 unspecified atom stereocenters. The van der Waals surface area contributed by atoms with E-state index < -0.39 is 5.97 Å². The number of rotatable bonds is 4. The van der Waals surface area contributed by atoms with E-state index in [2.05, 4.69) is 16.3 Å². The zero-order valence-electron chi connectivity index (χ0n) is 6.04. The highest BCUT2D eigenvalue weighted by molar-refractivity contribution is 6.23. The quantitative estimate of drug-likeness (QED) is 0.330. The first-order valence-corrected chi connectivity index (χ1v) is 3.08. The van der Waals surface area contributed by atoms with Gasteiger partial charge in [-0.3, -0.25) is 4.99 Å². The van der Waals surface area contributed by atoms with Gasteiger partial charge < -0.3 is 4.74 Å². The summed E-state index contributed by atoms with van der Waals surface area (Å²) in [4.78, 5) is 14.2. The van der Waals surface area contributed by atoms with E-state index in [0.717, 1.165) is 6.21 Å². The van der Waals surface area contributed by atoms with Crippen LogP contribution in [-0.2, 0) is 9.53 Å². The van der Waals surface area contributed by atoms with Gasteiger partial charge in [0.25, 0.3) is 0 Å². The average molecular weight is 141 g/mol. The van der Waals surface area contributed by atoms with Gasteiger partial charge in [-0.1, -0.05) is 6.08 Å². The monoisotopic (exact) mass is 141 g/mol. The molecule has 3 heteroatoms. The lowest BCUT2D eigenvalue weighted by Crippen LogP contribution is -2.04. The lowest BCUT2D eigenvalue weighted by molar-refractivity contribution is -0.134. The maximum atomic E-state index is 10.5. The Morgan fingerprint density at radius 2 is 2.50 bits per heavy atom. The van der Waals surface area contributed by atoms with Crippen molar-refractivity contribution in [1.29, 1.82) is 0 Å². The SMILES string of the molecule is C=CC/N=C/C(=O)OCC. The molecule has 0 bridgehead atoms. The van der Waals surface area contributed by atoms with E-state index in [9.17, 15) is 4.79 Å². The number of carbonyl (C=O) groups is 1. The number of esters is 1. The first-order chi connectivity index (χ1) is 4.81. The normalized spacial score (nSPS) is 9.70. The van der Waals surface area contributed by atoms with Crippen molar-refractivity contribution >= 4 is 12.2 Å². The molecule has 0 N–H and O–H groups in total. The zero-order chi connectivity index (χ0) is 7.82. The van der Waals surface area contributed by atoms with Crippen molar-refractivity contribution in [2.75, 3.05) is 13.2 Å². The molecule has 0 saturated heterocycles. The molecule has 0 aromatic heterocycles. The van der Waals surface area contributed by atoms with Gasteiger partial charge >= 0.3 is 5.97 Å².